The molecule has 9 rings (SSSR count). The van der Waals surface area contributed by atoms with Crippen molar-refractivity contribution in [1.29, 1.82) is 0 Å². The van der Waals surface area contributed by atoms with E-state index in [4.69, 9.17) is 41.9 Å². The number of carbonyl (C=O) groups is 3. The number of aliphatic hydroxyl groups excluding tert-OH is 8. The van der Waals surface area contributed by atoms with Gasteiger partial charge in [-0.05, 0) is 25.5 Å². The molecule has 20 atom stereocenters. The summed E-state index contributed by atoms with van der Waals surface area (Å²) in [6.07, 6.45) is -15.5. The molecule has 2 amide bonds. The van der Waals surface area contributed by atoms with E-state index in [0.717, 1.165) is 45.5 Å². The van der Waals surface area contributed by atoms with Crippen molar-refractivity contribution in [2.75, 3.05) is 51.0 Å². The number of nitrogens with zero attached hydrogens (tertiary/aromatic N) is 9. The van der Waals surface area contributed by atoms with E-state index in [1.165, 1.54) is 57.8 Å². The molecule has 0 aromatic carbocycles. The molecule has 11 unspecified atom stereocenters. The molecule has 4 aliphatic heterocycles. The third-order valence-electron chi connectivity index (χ3n) is 13.2. The molecule has 526 valence electrons. The molecule has 0 bridgehead atoms. The smallest absolute Gasteiger partial charge is 0.303 e. The molecule has 17 N–H and O–H groups in total. The van der Waals surface area contributed by atoms with E-state index in [9.17, 15) is 93.1 Å². The van der Waals surface area contributed by atoms with Crippen molar-refractivity contribution >= 4 is 83.0 Å². The Hall–Kier alpha value is -5.74. The third-order valence-corrected chi connectivity index (χ3v) is 18.3. The van der Waals surface area contributed by atoms with E-state index < -0.39 is 168 Å². The van der Waals surface area contributed by atoms with Gasteiger partial charge in [0.25, 0.3) is 43.4 Å². The lowest BCUT2D eigenvalue weighted by molar-refractivity contribution is -0.765. The fourth-order valence-electron chi connectivity index (χ4n) is 8.69. The number of carbonyl (C=O) groups excluding carboxylic acids is 3. The zero-order valence-electron chi connectivity index (χ0n) is 49.7. The van der Waals surface area contributed by atoms with Gasteiger partial charge in [0.2, 0.25) is 5.91 Å². The SMILES string of the molecule is CC(=O)O[C@@H]1C(O)O[C@H](COP(=O)([O-])OP(=O)([O-])OC[C@H]2O[C@@H](n3cnc4c(N)ncnc43)C(O)C2O)C1O.CCCN.CCCNC(C)=O.NC(=O)c1ccc[n+]([C@@H]2O[C@H](COP(=O)([O-])OP(=O)([O-])OC[C@H]3O[C@@H](n4cnc5c(N)ncnc54)C(O)C3O)C(O)[C@@H]2O)c1. The molecule has 0 aliphatic carbocycles. The van der Waals surface area contributed by atoms with Gasteiger partial charge in [0.05, 0.1) is 39.1 Å². The summed E-state index contributed by atoms with van der Waals surface area (Å²) in [7, 11) is -22.7. The van der Waals surface area contributed by atoms with Crippen LogP contribution in [0.4, 0.5) is 11.6 Å². The summed E-state index contributed by atoms with van der Waals surface area (Å²) in [6.45, 7) is 4.23. The first-order chi connectivity index (χ1) is 44.0. The molecular weight excluding hydrogens is 1350 g/mol. The number of nitrogens with two attached hydrogens (primary N) is 4. The molecule has 5 aromatic rings. The first-order valence-electron chi connectivity index (χ1n) is 27.6. The molecule has 0 radical (unpaired) electrons. The number of hydrogen-bond donors (Lipinski definition) is 13. The zero-order valence-corrected chi connectivity index (χ0v) is 53.3. The molecule has 44 nitrogen and oxygen atoms in total. The number of fused-ring (bicyclic) bond motifs is 2. The summed E-state index contributed by atoms with van der Waals surface area (Å²) < 4.78 is 104. The Balaban J connectivity index is 0.000000258. The quantitative estimate of drug-likeness (QED) is 0.0155. The van der Waals surface area contributed by atoms with Gasteiger partial charge < -0.3 is 130 Å². The number of rotatable bonds is 24. The van der Waals surface area contributed by atoms with Crippen molar-refractivity contribution < 1.29 is 148 Å². The van der Waals surface area contributed by atoms with E-state index >= 15 is 0 Å². The van der Waals surface area contributed by atoms with Crippen LogP contribution in [0.5, 0.6) is 0 Å². The third kappa shape index (κ3) is 20.4. The fourth-order valence-corrected chi connectivity index (χ4v) is 12.7. The first-order valence-corrected chi connectivity index (χ1v) is 33.5. The minimum atomic E-state index is -5.68. The largest absolute Gasteiger partial charge is 0.756 e. The number of phosphoric ester groups is 4. The Morgan fingerprint density at radius 3 is 1.41 bits per heavy atom. The van der Waals surface area contributed by atoms with Crippen molar-refractivity contribution in [1.82, 2.24) is 44.4 Å². The van der Waals surface area contributed by atoms with Crippen molar-refractivity contribution in [2.24, 2.45) is 11.5 Å². The number of nitrogens with one attached hydrogen (secondary N) is 1. The van der Waals surface area contributed by atoms with Gasteiger partial charge in [-0.2, -0.15) is 4.57 Å². The number of nitrogen functional groups attached to an aromatic ring is 2. The maximum absolute atomic E-state index is 12.3. The van der Waals surface area contributed by atoms with E-state index in [2.05, 4.69) is 73.6 Å². The highest BCUT2D eigenvalue weighted by Gasteiger charge is 2.50. The van der Waals surface area contributed by atoms with Gasteiger partial charge >= 0.3 is 5.97 Å². The summed E-state index contributed by atoms with van der Waals surface area (Å²) in [4.78, 5) is 105. The molecule has 5 aromatic heterocycles. The molecule has 94 heavy (non-hydrogen) atoms. The number of aromatic nitrogens is 9. The fraction of sp³-hybridized carbons (Fsp3) is 0.609. The van der Waals surface area contributed by atoms with Crippen molar-refractivity contribution in [2.45, 2.75) is 139 Å². The van der Waals surface area contributed by atoms with Crippen molar-refractivity contribution in [3.63, 3.8) is 0 Å². The first kappa shape index (κ1) is 77.3. The van der Waals surface area contributed by atoms with Crippen LogP contribution in [0.1, 0.15) is 69.6 Å². The maximum Gasteiger partial charge on any atom is 0.303 e. The number of esters is 1. The van der Waals surface area contributed by atoms with Gasteiger partial charge in [-0.3, -0.25) is 41.8 Å². The van der Waals surface area contributed by atoms with Crippen LogP contribution >= 0.6 is 31.3 Å². The van der Waals surface area contributed by atoms with Crippen LogP contribution < -0.4 is 52.4 Å². The Morgan fingerprint density at radius 1 is 0.617 bits per heavy atom. The second kappa shape index (κ2) is 33.5. The topological polar surface area (TPSA) is 682 Å². The number of primary amides is 1. The van der Waals surface area contributed by atoms with Crippen molar-refractivity contribution in [3.05, 3.63) is 55.4 Å². The monoisotopic (exact) mass is 1420 g/mol. The highest BCUT2D eigenvalue weighted by molar-refractivity contribution is 7.60. The predicted molar refractivity (Wildman–Crippen MR) is 300 cm³/mol. The molecule has 4 fully saturated rings. The van der Waals surface area contributed by atoms with Crippen LogP contribution in [-0.2, 0) is 78.2 Å². The summed E-state index contributed by atoms with van der Waals surface area (Å²) in [6, 6.07) is 2.80. The van der Waals surface area contributed by atoms with Crippen molar-refractivity contribution in [3.8, 4) is 0 Å². The van der Waals surface area contributed by atoms with Crippen LogP contribution in [0.2, 0.25) is 0 Å². The summed E-state index contributed by atoms with van der Waals surface area (Å²) in [5, 5.41) is 84.6. The molecule has 0 spiro atoms. The number of amides is 2. The zero-order chi connectivity index (χ0) is 69.8. The summed E-state index contributed by atoms with van der Waals surface area (Å²) in [5.41, 5.74) is 22.4. The minimum absolute atomic E-state index is 0.0363. The van der Waals surface area contributed by atoms with Gasteiger partial charge in [0.1, 0.15) is 90.3 Å². The van der Waals surface area contributed by atoms with Gasteiger partial charge in [-0.1, -0.05) is 13.8 Å². The lowest BCUT2D eigenvalue weighted by atomic mass is 10.1. The van der Waals surface area contributed by atoms with Crippen LogP contribution in [-0.4, -0.2) is 217 Å². The Morgan fingerprint density at radius 2 is 1.03 bits per heavy atom. The Bertz CT molecular complexity index is 3560. The number of anilines is 2. The lowest BCUT2D eigenvalue weighted by Crippen LogP contribution is -2.46. The molecule has 4 aliphatic rings. The number of pyridine rings is 1. The Kier molecular flexibility index (Phi) is 27.5. The van der Waals surface area contributed by atoms with Crippen LogP contribution in [0, 0.1) is 0 Å². The maximum atomic E-state index is 12.3. The predicted octanol–water partition coefficient (Wildman–Crippen LogP) is -7.37. The minimum Gasteiger partial charge on any atom is -0.756 e. The molecular formula is C46H69N14O30P4-3. The number of phosphoric acid groups is 4. The van der Waals surface area contributed by atoms with Crippen LogP contribution in [0.3, 0.4) is 0 Å². The number of hydrogen-bond acceptors (Lipinski definition) is 39. The highest BCUT2D eigenvalue weighted by Crippen LogP contribution is 2.57. The lowest BCUT2D eigenvalue weighted by Gasteiger charge is -2.32. The summed E-state index contributed by atoms with van der Waals surface area (Å²) >= 11 is 0. The van der Waals surface area contributed by atoms with E-state index in [-0.39, 0.29) is 45.4 Å². The second-order valence-corrected chi connectivity index (χ2v) is 26.2. The van der Waals surface area contributed by atoms with E-state index in [1.807, 2.05) is 6.92 Å². The normalized spacial score (nSPS) is 29.9. The van der Waals surface area contributed by atoms with E-state index in [0.29, 0.717) is 0 Å². The number of ether oxygens (including phenoxy) is 5. The van der Waals surface area contributed by atoms with Gasteiger partial charge in [-0.25, -0.2) is 38.5 Å². The summed E-state index contributed by atoms with van der Waals surface area (Å²) in [5.74, 6) is -1.51. The van der Waals surface area contributed by atoms with Crippen LogP contribution in [0.25, 0.3) is 22.3 Å². The highest BCUT2D eigenvalue weighted by atomic mass is 31.3. The van der Waals surface area contributed by atoms with Gasteiger partial charge in [-0.15, -0.1) is 0 Å². The second-order valence-electron chi connectivity index (χ2n) is 20.2. The molecule has 0 saturated carbocycles. The standard InChI is InChI=1S/C21H27N7O14P2.C17H25N5O15P2.C5H11NO.C3H9N/c22-17-12-19(25-7-24-17)28(8-26-12)21-16(32)14(30)11(41-21)6-39-44(36,37)42-43(34,35)38-5-10-13(29)15(31)20(40-10)27-3-1-2-9(4-27)18(23)33;1-6(23)34-13-11(25)8(36-17(13)27)3-33-39(30,31)37-38(28,29)32-2-7-10(24)12(26)16(35-7)22-5-21-9-14(18)19-4-20-15(9)22;1-3-4-6-5(2)7;1-2-3-4/h1-4,7-8,10-11,13-16,20-21,29-32H,5-6H2,(H5-,22,23,24,25,33,34,35,36,37);4-5,7-8,10-13,16-17,24-27H,2-3H2,1H3,(H,28,29)(H,30,31)(H2,18,19,20);3-4H2,1-2H3,(H,6,7);2-4H2,1H3/p-3/t10-,11-,13?,14?,15+,16?,20-,21-;7-,8-,10?,11?,12?,13+,16-,17?;;/m11../s1. The Labute approximate surface area is 530 Å². The molecule has 4 saturated heterocycles. The average molecular weight is 1420 g/mol. The van der Waals surface area contributed by atoms with Gasteiger partial charge in [0.15, 0.2) is 66.3 Å². The van der Waals surface area contributed by atoms with Gasteiger partial charge in [0, 0.05) is 26.5 Å². The molecule has 9 heterocycles. The number of aliphatic hydroxyl groups is 8. The molecule has 48 heteroatoms. The average Bonchev–Trinajstić information content (AvgIpc) is 1.64. The van der Waals surface area contributed by atoms with E-state index in [1.54, 1.807) is 0 Å². The van der Waals surface area contributed by atoms with Crippen LogP contribution in [0.15, 0.2) is 49.8 Å². The number of imidazole rings is 2.